The van der Waals surface area contributed by atoms with Gasteiger partial charge in [0.05, 0.1) is 22.3 Å². The molecule has 0 N–H and O–H groups in total. The van der Waals surface area contributed by atoms with Crippen LogP contribution in [-0.2, 0) is 20.9 Å². The van der Waals surface area contributed by atoms with Crippen molar-refractivity contribution in [1.82, 2.24) is 4.57 Å². The van der Waals surface area contributed by atoms with Crippen LogP contribution in [0.5, 0.6) is 0 Å². The lowest BCUT2D eigenvalue weighted by molar-refractivity contribution is -0.141. The van der Waals surface area contributed by atoms with Gasteiger partial charge >= 0.3 is 5.97 Å². The third kappa shape index (κ3) is 2.85. The van der Waals surface area contributed by atoms with Gasteiger partial charge in [0.2, 0.25) is 5.91 Å². The van der Waals surface area contributed by atoms with Crippen LogP contribution in [0.4, 0.5) is 0 Å². The van der Waals surface area contributed by atoms with E-state index in [4.69, 9.17) is 11.6 Å². The number of thiazole rings is 1. The number of carbonyl (C=O) groups excluding carboxylic acids is 2. The fraction of sp³-hybridized carbons (Fsp3) is 0.250. The first-order chi connectivity index (χ1) is 9.02. The number of rotatable bonds is 2. The highest BCUT2D eigenvalue weighted by Crippen LogP contribution is 2.25. The van der Waals surface area contributed by atoms with Crippen LogP contribution in [0.1, 0.15) is 6.92 Å². The van der Waals surface area contributed by atoms with E-state index in [2.05, 4.69) is 9.73 Å². The molecule has 0 spiro atoms. The molecule has 2 aromatic rings. The fourth-order valence-electron chi connectivity index (χ4n) is 1.65. The average molecular weight is 299 g/mol. The van der Waals surface area contributed by atoms with Crippen LogP contribution in [0.25, 0.3) is 10.2 Å². The Morgan fingerprint density at radius 2 is 2.21 bits per heavy atom. The van der Waals surface area contributed by atoms with Crippen molar-refractivity contribution in [3.05, 3.63) is 28.0 Å². The van der Waals surface area contributed by atoms with E-state index in [1.165, 1.54) is 25.4 Å². The number of para-hydroxylation sites is 1. The van der Waals surface area contributed by atoms with Crippen molar-refractivity contribution in [2.45, 2.75) is 13.5 Å². The van der Waals surface area contributed by atoms with E-state index in [-0.39, 0.29) is 12.5 Å². The molecule has 1 aromatic carbocycles. The molecule has 0 radical (unpaired) electrons. The summed E-state index contributed by atoms with van der Waals surface area (Å²) in [5.41, 5.74) is 0.680. The van der Waals surface area contributed by atoms with Crippen molar-refractivity contribution in [2.24, 2.45) is 4.99 Å². The minimum Gasteiger partial charge on any atom is -0.468 e. The van der Waals surface area contributed by atoms with Gasteiger partial charge in [0.25, 0.3) is 0 Å². The number of aromatic nitrogens is 1. The van der Waals surface area contributed by atoms with E-state index in [0.29, 0.717) is 15.3 Å². The maximum absolute atomic E-state index is 11.5. The second-order valence-electron chi connectivity index (χ2n) is 3.76. The summed E-state index contributed by atoms with van der Waals surface area (Å²) in [4.78, 5) is 27.0. The predicted molar refractivity (Wildman–Crippen MR) is 73.1 cm³/mol. The average Bonchev–Trinajstić information content (AvgIpc) is 2.67. The van der Waals surface area contributed by atoms with E-state index in [1.807, 2.05) is 6.07 Å². The van der Waals surface area contributed by atoms with E-state index < -0.39 is 5.97 Å². The molecule has 0 atom stereocenters. The topological polar surface area (TPSA) is 60.7 Å². The van der Waals surface area contributed by atoms with Crippen LogP contribution < -0.4 is 4.80 Å². The van der Waals surface area contributed by atoms with Crippen molar-refractivity contribution in [1.29, 1.82) is 0 Å². The molecule has 19 heavy (non-hydrogen) atoms. The zero-order chi connectivity index (χ0) is 14.0. The summed E-state index contributed by atoms with van der Waals surface area (Å²) in [5.74, 6) is -0.758. The van der Waals surface area contributed by atoms with E-state index >= 15 is 0 Å². The molecule has 1 heterocycles. The van der Waals surface area contributed by atoms with Crippen LogP contribution in [0.2, 0.25) is 5.02 Å². The zero-order valence-corrected chi connectivity index (χ0v) is 11.9. The van der Waals surface area contributed by atoms with E-state index in [0.717, 1.165) is 4.70 Å². The molecule has 0 fully saturated rings. The Morgan fingerprint density at radius 3 is 2.84 bits per heavy atom. The molecular weight excluding hydrogens is 288 g/mol. The number of benzene rings is 1. The smallest absolute Gasteiger partial charge is 0.325 e. The number of hydrogen-bond donors (Lipinski definition) is 0. The SMILES string of the molecule is COC(=O)Cn1c(=NC(C)=O)sc2cccc(Cl)c21. The van der Waals surface area contributed by atoms with Crippen molar-refractivity contribution >= 4 is 45.0 Å². The highest BCUT2D eigenvalue weighted by Gasteiger charge is 2.13. The Hall–Kier alpha value is -1.66. The van der Waals surface area contributed by atoms with Gasteiger partial charge in [-0.15, -0.1) is 0 Å². The van der Waals surface area contributed by atoms with Gasteiger partial charge in [-0.25, -0.2) is 0 Å². The van der Waals surface area contributed by atoms with Gasteiger partial charge in [-0.05, 0) is 12.1 Å². The van der Waals surface area contributed by atoms with E-state index in [9.17, 15) is 9.59 Å². The highest BCUT2D eigenvalue weighted by molar-refractivity contribution is 7.16. The number of esters is 1. The van der Waals surface area contributed by atoms with Crippen molar-refractivity contribution < 1.29 is 14.3 Å². The summed E-state index contributed by atoms with van der Waals surface area (Å²) in [5, 5.41) is 0.502. The van der Waals surface area contributed by atoms with Crippen LogP contribution in [0.3, 0.4) is 0 Å². The Kier molecular flexibility index (Phi) is 4.01. The largest absolute Gasteiger partial charge is 0.468 e. The molecule has 0 aliphatic heterocycles. The molecule has 0 aliphatic carbocycles. The molecule has 1 amide bonds. The van der Waals surface area contributed by atoms with Crippen LogP contribution in [0.15, 0.2) is 23.2 Å². The number of nitrogens with zero attached hydrogens (tertiary/aromatic N) is 2. The first-order valence-corrected chi connectivity index (χ1v) is 6.62. The minimum absolute atomic E-state index is 0.0354. The standard InChI is InChI=1S/C12H11ClN2O3S/c1-7(16)14-12-15(6-10(17)18-2)11-8(13)4-3-5-9(11)19-12/h3-5H,6H2,1-2H3. The number of hydrogen-bond acceptors (Lipinski definition) is 4. The van der Waals surface area contributed by atoms with Gasteiger partial charge in [0, 0.05) is 6.92 Å². The molecule has 0 aliphatic rings. The van der Waals surface area contributed by atoms with Crippen LogP contribution in [0, 0.1) is 0 Å². The number of methoxy groups -OCH3 is 1. The maximum atomic E-state index is 11.5. The number of halogens is 1. The summed E-state index contributed by atoms with van der Waals surface area (Å²) in [6.45, 7) is 1.32. The summed E-state index contributed by atoms with van der Waals surface area (Å²) >= 11 is 7.45. The minimum atomic E-state index is -0.426. The van der Waals surface area contributed by atoms with Gasteiger partial charge in [-0.3, -0.25) is 9.59 Å². The number of ether oxygens (including phenoxy) is 1. The molecular formula is C12H11ClN2O3S. The summed E-state index contributed by atoms with van der Waals surface area (Å²) < 4.78 is 7.10. The number of fused-ring (bicyclic) bond motifs is 1. The quantitative estimate of drug-likeness (QED) is 0.797. The second-order valence-corrected chi connectivity index (χ2v) is 5.18. The molecule has 0 saturated carbocycles. The molecule has 100 valence electrons. The molecule has 0 bridgehead atoms. The summed E-state index contributed by atoms with van der Waals surface area (Å²) in [7, 11) is 1.31. The van der Waals surface area contributed by atoms with E-state index in [1.54, 1.807) is 16.7 Å². The van der Waals surface area contributed by atoms with Crippen LogP contribution in [-0.4, -0.2) is 23.6 Å². The lowest BCUT2D eigenvalue weighted by Gasteiger charge is -2.04. The summed E-state index contributed by atoms with van der Waals surface area (Å²) in [6.07, 6.45) is 0. The molecule has 5 nitrogen and oxygen atoms in total. The highest BCUT2D eigenvalue weighted by atomic mass is 35.5. The van der Waals surface area contributed by atoms with Crippen molar-refractivity contribution in [2.75, 3.05) is 7.11 Å². The lowest BCUT2D eigenvalue weighted by atomic mass is 10.3. The third-order valence-corrected chi connectivity index (χ3v) is 3.77. The lowest BCUT2D eigenvalue weighted by Crippen LogP contribution is -2.22. The van der Waals surface area contributed by atoms with Crippen molar-refractivity contribution in [3.63, 3.8) is 0 Å². The Bertz CT molecular complexity index is 717. The number of amides is 1. The zero-order valence-electron chi connectivity index (χ0n) is 10.3. The first kappa shape index (κ1) is 13.8. The third-order valence-electron chi connectivity index (χ3n) is 2.42. The molecule has 0 saturated heterocycles. The van der Waals surface area contributed by atoms with Crippen LogP contribution >= 0.6 is 22.9 Å². The predicted octanol–water partition coefficient (Wildman–Crippen LogP) is 1.98. The molecule has 2 rings (SSSR count). The second kappa shape index (κ2) is 5.54. The van der Waals surface area contributed by atoms with Gasteiger partial charge in [0.15, 0.2) is 4.80 Å². The maximum Gasteiger partial charge on any atom is 0.325 e. The van der Waals surface area contributed by atoms with Gasteiger partial charge in [-0.2, -0.15) is 4.99 Å². The fourth-order valence-corrected chi connectivity index (χ4v) is 3.08. The molecule has 7 heteroatoms. The van der Waals surface area contributed by atoms with Crippen molar-refractivity contribution in [3.8, 4) is 0 Å². The van der Waals surface area contributed by atoms with Gasteiger partial charge in [-0.1, -0.05) is 29.0 Å². The summed E-state index contributed by atoms with van der Waals surface area (Å²) in [6, 6.07) is 5.39. The molecule has 0 unspecified atom stereocenters. The van der Waals surface area contributed by atoms with Gasteiger partial charge in [0.1, 0.15) is 6.54 Å². The monoisotopic (exact) mass is 298 g/mol. The Morgan fingerprint density at radius 1 is 1.47 bits per heavy atom. The normalized spacial score (nSPS) is 11.8. The Labute approximate surface area is 118 Å². The van der Waals surface area contributed by atoms with Gasteiger partial charge < -0.3 is 9.30 Å². The first-order valence-electron chi connectivity index (χ1n) is 5.43. The Balaban J connectivity index is 2.74. The number of carbonyl (C=O) groups is 2. The molecule has 1 aromatic heterocycles.